The quantitative estimate of drug-likeness (QED) is 0.537. The molecule has 0 radical (unpaired) electrons. The van der Waals surface area contributed by atoms with Crippen LogP contribution >= 0.6 is 0 Å². The maximum Gasteiger partial charge on any atom is 0.276 e. The van der Waals surface area contributed by atoms with E-state index >= 15 is 0 Å². The Bertz CT molecular complexity index is 503. The van der Waals surface area contributed by atoms with Crippen molar-refractivity contribution >= 4 is 17.3 Å². The number of nitrogens with zero attached hydrogens (tertiary/aromatic N) is 2. The molecule has 1 aliphatic rings. The van der Waals surface area contributed by atoms with Crippen molar-refractivity contribution < 1.29 is 14.8 Å². The smallest absolute Gasteiger partial charge is 0.276 e. The maximum absolute atomic E-state index is 10.9. The highest BCUT2D eigenvalue weighted by Crippen LogP contribution is 2.24. The van der Waals surface area contributed by atoms with Crippen LogP contribution in [0, 0.1) is 10.1 Å². The molecule has 1 aromatic heterocycles. The zero-order chi connectivity index (χ0) is 15.3. The largest absolute Gasteiger partial charge is 0.388 e. The van der Waals surface area contributed by atoms with Crippen LogP contribution in [0.5, 0.6) is 0 Å². The molecule has 0 aliphatic carbocycles. The second-order valence-corrected chi connectivity index (χ2v) is 5.07. The molecule has 0 aromatic carbocycles. The van der Waals surface area contributed by atoms with E-state index in [9.17, 15) is 15.2 Å². The molecule has 0 bridgehead atoms. The highest BCUT2D eigenvalue weighted by Gasteiger charge is 2.29. The number of ether oxygens (including phenoxy) is 1. The van der Waals surface area contributed by atoms with Gasteiger partial charge in [-0.05, 0) is 6.92 Å². The van der Waals surface area contributed by atoms with Gasteiger partial charge in [0.05, 0.1) is 22.7 Å². The molecule has 8 heteroatoms. The highest BCUT2D eigenvalue weighted by molar-refractivity contribution is 5.54. The molecule has 0 unspecified atom stereocenters. The number of hydrogen-bond donors (Lipinski definition) is 3. The van der Waals surface area contributed by atoms with E-state index in [1.165, 1.54) is 12.1 Å². The third-order valence-corrected chi connectivity index (χ3v) is 3.40. The fraction of sp³-hybridized carbons (Fsp3) is 0.615. The van der Waals surface area contributed by atoms with E-state index in [1.807, 2.05) is 6.92 Å². The summed E-state index contributed by atoms with van der Waals surface area (Å²) in [6, 6.07) is 2.75. The summed E-state index contributed by atoms with van der Waals surface area (Å²) in [7, 11) is 0. The average molecular weight is 296 g/mol. The van der Waals surface area contributed by atoms with Crippen molar-refractivity contribution in [3.05, 3.63) is 22.2 Å². The molecule has 1 aliphatic heterocycles. The third-order valence-electron chi connectivity index (χ3n) is 3.40. The zero-order valence-corrected chi connectivity index (χ0v) is 12.0. The summed E-state index contributed by atoms with van der Waals surface area (Å²) in [6.07, 6.45) is 1.07. The molecule has 3 N–H and O–H groups in total. The lowest BCUT2D eigenvalue weighted by Crippen LogP contribution is -2.42. The summed E-state index contributed by atoms with van der Waals surface area (Å²) in [5.74, 6) is 0.813. The van der Waals surface area contributed by atoms with Crippen molar-refractivity contribution in [3.63, 3.8) is 0 Å². The first kappa shape index (κ1) is 15.5. The van der Waals surface area contributed by atoms with E-state index in [1.54, 1.807) is 0 Å². The van der Waals surface area contributed by atoms with Crippen LogP contribution in [-0.2, 0) is 4.74 Å². The number of aliphatic hydroxyl groups is 1. The monoisotopic (exact) mass is 296 g/mol. The van der Waals surface area contributed by atoms with Gasteiger partial charge in [0.2, 0.25) is 0 Å². The van der Waals surface area contributed by atoms with Gasteiger partial charge < -0.3 is 20.5 Å². The minimum atomic E-state index is -0.858. The van der Waals surface area contributed by atoms with Crippen molar-refractivity contribution in [2.24, 2.45) is 0 Å². The Balaban J connectivity index is 2.09. The molecule has 1 fully saturated rings. The standard InChI is InChI=1S/C13H20N4O4/c1-2-14-11-7-10(17(19)20)8-12(16-11)15-9-13(18)3-5-21-6-4-13/h7-8,18H,2-6,9H2,1H3,(H2,14,15,16). The Morgan fingerprint density at radius 1 is 1.38 bits per heavy atom. The number of rotatable bonds is 6. The summed E-state index contributed by atoms with van der Waals surface area (Å²) >= 11 is 0. The number of anilines is 2. The first-order valence-electron chi connectivity index (χ1n) is 6.97. The van der Waals surface area contributed by atoms with Crippen LogP contribution < -0.4 is 10.6 Å². The van der Waals surface area contributed by atoms with Crippen molar-refractivity contribution in [3.8, 4) is 0 Å². The maximum atomic E-state index is 10.9. The molecular weight excluding hydrogens is 276 g/mol. The SMILES string of the molecule is CCNc1cc([N+](=O)[O-])cc(NCC2(O)CCOCC2)n1. The van der Waals surface area contributed by atoms with E-state index in [4.69, 9.17) is 4.74 Å². The average Bonchev–Trinajstić information content (AvgIpc) is 2.46. The first-order chi connectivity index (χ1) is 10.0. The topological polar surface area (TPSA) is 110 Å². The number of pyridine rings is 1. The third kappa shape index (κ3) is 4.27. The molecule has 0 amide bonds. The second-order valence-electron chi connectivity index (χ2n) is 5.07. The van der Waals surface area contributed by atoms with Crippen LogP contribution in [0.3, 0.4) is 0 Å². The molecule has 21 heavy (non-hydrogen) atoms. The summed E-state index contributed by atoms with van der Waals surface area (Å²) in [6.45, 7) is 3.83. The van der Waals surface area contributed by atoms with Crippen molar-refractivity contribution in [2.45, 2.75) is 25.4 Å². The molecule has 8 nitrogen and oxygen atoms in total. The molecule has 116 valence electrons. The van der Waals surface area contributed by atoms with E-state index in [0.29, 0.717) is 44.2 Å². The van der Waals surface area contributed by atoms with Crippen LogP contribution in [0.2, 0.25) is 0 Å². The van der Waals surface area contributed by atoms with Crippen LogP contribution in [0.1, 0.15) is 19.8 Å². The van der Waals surface area contributed by atoms with E-state index in [-0.39, 0.29) is 12.2 Å². The molecule has 1 saturated heterocycles. The van der Waals surface area contributed by atoms with Gasteiger partial charge in [-0.25, -0.2) is 4.98 Å². The molecule has 0 saturated carbocycles. The van der Waals surface area contributed by atoms with E-state index < -0.39 is 10.5 Å². The molecular formula is C13H20N4O4. The Hall–Kier alpha value is -1.93. The lowest BCUT2D eigenvalue weighted by Gasteiger charge is -2.32. The number of hydrogen-bond acceptors (Lipinski definition) is 7. The van der Waals surface area contributed by atoms with E-state index in [0.717, 1.165) is 0 Å². The molecule has 0 spiro atoms. The molecule has 1 aromatic rings. The van der Waals surface area contributed by atoms with Crippen LogP contribution in [0.25, 0.3) is 0 Å². The Morgan fingerprint density at radius 2 is 2.00 bits per heavy atom. The van der Waals surface area contributed by atoms with Gasteiger partial charge >= 0.3 is 0 Å². The molecule has 2 rings (SSSR count). The fourth-order valence-electron chi connectivity index (χ4n) is 2.17. The van der Waals surface area contributed by atoms with Gasteiger partial charge in [0.25, 0.3) is 5.69 Å². The Kier molecular flexibility index (Phi) is 4.92. The lowest BCUT2D eigenvalue weighted by atomic mass is 9.94. The summed E-state index contributed by atoms with van der Waals surface area (Å²) in [5, 5.41) is 27.2. The lowest BCUT2D eigenvalue weighted by molar-refractivity contribution is -0.384. The highest BCUT2D eigenvalue weighted by atomic mass is 16.6. The molecule has 2 heterocycles. The second kappa shape index (κ2) is 6.68. The van der Waals surface area contributed by atoms with Gasteiger partial charge in [-0.1, -0.05) is 0 Å². The first-order valence-corrected chi connectivity index (χ1v) is 6.97. The normalized spacial score (nSPS) is 17.2. The fourth-order valence-corrected chi connectivity index (χ4v) is 2.17. The number of nitrogens with one attached hydrogen (secondary N) is 2. The predicted octanol–water partition coefficient (Wildman–Crippen LogP) is 1.37. The van der Waals surface area contributed by atoms with Crippen molar-refractivity contribution in [1.82, 2.24) is 4.98 Å². The summed E-state index contributed by atoms with van der Waals surface area (Å²) in [5.41, 5.74) is -0.898. The van der Waals surface area contributed by atoms with Crippen LogP contribution in [0.4, 0.5) is 17.3 Å². The van der Waals surface area contributed by atoms with Gasteiger partial charge in [-0.2, -0.15) is 0 Å². The summed E-state index contributed by atoms with van der Waals surface area (Å²) < 4.78 is 5.22. The summed E-state index contributed by atoms with van der Waals surface area (Å²) in [4.78, 5) is 14.7. The Morgan fingerprint density at radius 3 is 2.57 bits per heavy atom. The predicted molar refractivity (Wildman–Crippen MR) is 78.5 cm³/mol. The van der Waals surface area contributed by atoms with Gasteiger partial charge in [0.15, 0.2) is 0 Å². The van der Waals surface area contributed by atoms with Gasteiger partial charge in [-0.3, -0.25) is 10.1 Å². The van der Waals surface area contributed by atoms with Crippen LogP contribution in [-0.4, -0.2) is 46.9 Å². The van der Waals surface area contributed by atoms with E-state index in [2.05, 4.69) is 15.6 Å². The number of aromatic nitrogens is 1. The van der Waals surface area contributed by atoms with Gasteiger partial charge in [0.1, 0.15) is 11.6 Å². The van der Waals surface area contributed by atoms with Gasteiger partial charge in [-0.15, -0.1) is 0 Å². The van der Waals surface area contributed by atoms with Crippen LogP contribution in [0.15, 0.2) is 12.1 Å². The minimum Gasteiger partial charge on any atom is -0.388 e. The number of nitro groups is 1. The van der Waals surface area contributed by atoms with Crippen molar-refractivity contribution in [2.75, 3.05) is 36.9 Å². The zero-order valence-electron chi connectivity index (χ0n) is 12.0. The van der Waals surface area contributed by atoms with Gasteiger partial charge in [0, 0.05) is 39.1 Å². The molecule has 0 atom stereocenters. The minimum absolute atomic E-state index is 0.0394. The Labute approximate surface area is 122 Å². The van der Waals surface area contributed by atoms with Crippen molar-refractivity contribution in [1.29, 1.82) is 0 Å².